The second-order valence-corrected chi connectivity index (χ2v) is 6.14. The summed E-state index contributed by atoms with van der Waals surface area (Å²) in [5.41, 5.74) is -1.11. The molecule has 0 aliphatic heterocycles. The average molecular weight is 410 g/mol. The number of aromatic nitrogens is 3. The summed E-state index contributed by atoms with van der Waals surface area (Å²) in [5.74, 6) is -1.12. The van der Waals surface area contributed by atoms with Gasteiger partial charge >= 0.3 is 6.18 Å². The Kier molecular flexibility index (Phi) is 6.12. The molecule has 0 atom stereocenters. The van der Waals surface area contributed by atoms with Crippen LogP contribution in [0.1, 0.15) is 29.5 Å². The molecule has 10 heteroatoms. The Hall–Kier alpha value is -3.01. The van der Waals surface area contributed by atoms with Crippen molar-refractivity contribution in [1.29, 1.82) is 0 Å². The van der Waals surface area contributed by atoms with E-state index in [0.29, 0.717) is 36.3 Å². The molecule has 2 heterocycles. The number of benzene rings is 1. The van der Waals surface area contributed by atoms with Crippen LogP contribution in [0.25, 0.3) is 16.9 Å². The zero-order valence-corrected chi connectivity index (χ0v) is 15.5. The first-order chi connectivity index (χ1) is 13.8. The Morgan fingerprint density at radius 2 is 1.93 bits per heavy atom. The standard InChI is InChI=1S/C19H18F4N4O2/c1-2-29-9-3-8-24-18(28)15-11-17-25-14(12-4-6-13(20)7-5-12)10-16(19(21,22)23)27(17)26-15/h4-7,10-11H,2-3,8-9H2,1H3,(H,24,28). The summed E-state index contributed by atoms with van der Waals surface area (Å²) in [4.78, 5) is 16.4. The third kappa shape index (κ3) is 4.89. The van der Waals surface area contributed by atoms with Crippen molar-refractivity contribution in [3.8, 4) is 11.3 Å². The first-order valence-electron chi connectivity index (χ1n) is 8.89. The number of rotatable bonds is 7. The normalized spacial score (nSPS) is 11.8. The number of carbonyl (C=O) groups is 1. The predicted octanol–water partition coefficient (Wildman–Crippen LogP) is 3.71. The number of amides is 1. The van der Waals surface area contributed by atoms with Crippen LogP contribution in [0.3, 0.4) is 0 Å². The second kappa shape index (κ2) is 8.56. The first-order valence-corrected chi connectivity index (χ1v) is 8.89. The number of nitrogens with zero attached hydrogens (tertiary/aromatic N) is 3. The fourth-order valence-electron chi connectivity index (χ4n) is 2.67. The highest BCUT2D eigenvalue weighted by molar-refractivity contribution is 5.93. The molecule has 0 aliphatic rings. The molecule has 29 heavy (non-hydrogen) atoms. The molecule has 0 radical (unpaired) electrons. The van der Waals surface area contributed by atoms with Crippen molar-refractivity contribution in [2.24, 2.45) is 0 Å². The maximum atomic E-state index is 13.5. The third-order valence-corrected chi connectivity index (χ3v) is 4.05. The molecule has 3 rings (SSSR count). The first kappa shape index (κ1) is 20.7. The quantitative estimate of drug-likeness (QED) is 0.476. The van der Waals surface area contributed by atoms with Gasteiger partial charge in [-0.2, -0.15) is 18.3 Å². The molecule has 1 aromatic carbocycles. The van der Waals surface area contributed by atoms with E-state index in [1.165, 1.54) is 18.2 Å². The lowest BCUT2D eigenvalue weighted by molar-refractivity contribution is -0.142. The summed E-state index contributed by atoms with van der Waals surface area (Å²) < 4.78 is 59.5. The molecule has 0 unspecified atom stereocenters. The molecule has 0 bridgehead atoms. The van der Waals surface area contributed by atoms with Crippen molar-refractivity contribution >= 4 is 11.6 Å². The van der Waals surface area contributed by atoms with Crippen LogP contribution in [-0.4, -0.2) is 40.3 Å². The minimum atomic E-state index is -4.73. The molecule has 6 nitrogen and oxygen atoms in total. The summed E-state index contributed by atoms with van der Waals surface area (Å²) in [6.45, 7) is 3.17. The van der Waals surface area contributed by atoms with E-state index in [-0.39, 0.29) is 17.0 Å². The molecule has 0 saturated carbocycles. The van der Waals surface area contributed by atoms with Crippen molar-refractivity contribution in [2.45, 2.75) is 19.5 Å². The lowest BCUT2D eigenvalue weighted by Crippen LogP contribution is -2.25. The van der Waals surface area contributed by atoms with Gasteiger partial charge in [-0.05, 0) is 43.7 Å². The van der Waals surface area contributed by atoms with Crippen molar-refractivity contribution < 1.29 is 27.1 Å². The van der Waals surface area contributed by atoms with Crippen LogP contribution in [0.4, 0.5) is 17.6 Å². The van der Waals surface area contributed by atoms with E-state index in [9.17, 15) is 22.4 Å². The number of ether oxygens (including phenoxy) is 1. The van der Waals surface area contributed by atoms with Crippen LogP contribution >= 0.6 is 0 Å². The third-order valence-electron chi connectivity index (χ3n) is 4.05. The molecule has 2 aromatic heterocycles. The highest BCUT2D eigenvalue weighted by atomic mass is 19.4. The van der Waals surface area contributed by atoms with Gasteiger partial charge in [-0.15, -0.1) is 0 Å². The maximum absolute atomic E-state index is 13.5. The van der Waals surface area contributed by atoms with E-state index in [2.05, 4.69) is 15.4 Å². The number of fused-ring (bicyclic) bond motifs is 1. The van der Waals surface area contributed by atoms with Gasteiger partial charge in [0.15, 0.2) is 17.0 Å². The van der Waals surface area contributed by atoms with Crippen LogP contribution < -0.4 is 5.32 Å². The van der Waals surface area contributed by atoms with Crippen molar-refractivity contribution in [1.82, 2.24) is 19.9 Å². The van der Waals surface area contributed by atoms with Gasteiger partial charge in [-0.3, -0.25) is 4.79 Å². The molecule has 154 valence electrons. The molecule has 3 aromatic rings. The van der Waals surface area contributed by atoms with Gasteiger partial charge in [0.2, 0.25) is 0 Å². The minimum Gasteiger partial charge on any atom is -0.382 e. The lowest BCUT2D eigenvalue weighted by atomic mass is 10.1. The van der Waals surface area contributed by atoms with Crippen molar-refractivity contribution in [3.05, 3.63) is 53.6 Å². The van der Waals surface area contributed by atoms with Crippen molar-refractivity contribution in [2.75, 3.05) is 19.8 Å². The average Bonchev–Trinajstić information content (AvgIpc) is 3.11. The van der Waals surface area contributed by atoms with Gasteiger partial charge in [0, 0.05) is 31.4 Å². The second-order valence-electron chi connectivity index (χ2n) is 6.14. The maximum Gasteiger partial charge on any atom is 0.433 e. The van der Waals surface area contributed by atoms with Gasteiger partial charge in [-0.25, -0.2) is 13.9 Å². The number of carbonyl (C=O) groups excluding carboxylic acids is 1. The van der Waals surface area contributed by atoms with Crippen LogP contribution in [0.2, 0.25) is 0 Å². The van der Waals surface area contributed by atoms with Crippen LogP contribution in [-0.2, 0) is 10.9 Å². The van der Waals surface area contributed by atoms with Crippen LogP contribution in [0.5, 0.6) is 0 Å². The Morgan fingerprint density at radius 3 is 2.59 bits per heavy atom. The number of halogens is 4. The summed E-state index contributed by atoms with van der Waals surface area (Å²) in [7, 11) is 0. The van der Waals surface area contributed by atoms with Gasteiger partial charge in [0.05, 0.1) is 5.69 Å². The molecular formula is C19H18F4N4O2. The summed E-state index contributed by atoms with van der Waals surface area (Å²) in [6.07, 6.45) is -4.17. The number of alkyl halides is 3. The fourth-order valence-corrected chi connectivity index (χ4v) is 2.67. The van der Waals surface area contributed by atoms with E-state index >= 15 is 0 Å². The Balaban J connectivity index is 1.93. The molecule has 1 N–H and O–H groups in total. The number of nitrogens with one attached hydrogen (secondary N) is 1. The van der Waals surface area contributed by atoms with Crippen molar-refractivity contribution in [3.63, 3.8) is 0 Å². The molecule has 0 fully saturated rings. The summed E-state index contributed by atoms with van der Waals surface area (Å²) in [5, 5.41) is 6.36. The Labute approximate surface area is 163 Å². The van der Waals surface area contributed by atoms with Gasteiger partial charge in [-0.1, -0.05) is 0 Å². The number of hydrogen-bond donors (Lipinski definition) is 1. The molecule has 1 amide bonds. The fraction of sp³-hybridized carbons (Fsp3) is 0.316. The summed E-state index contributed by atoms with van der Waals surface area (Å²) >= 11 is 0. The van der Waals surface area contributed by atoms with Crippen LogP contribution in [0.15, 0.2) is 36.4 Å². The zero-order valence-electron chi connectivity index (χ0n) is 15.5. The SMILES string of the molecule is CCOCCCNC(=O)c1cc2nc(-c3ccc(F)cc3)cc(C(F)(F)F)n2n1. The molecular weight excluding hydrogens is 392 g/mol. The monoisotopic (exact) mass is 410 g/mol. The van der Waals surface area contributed by atoms with E-state index in [0.717, 1.165) is 18.2 Å². The topological polar surface area (TPSA) is 68.5 Å². The molecule has 0 saturated heterocycles. The lowest BCUT2D eigenvalue weighted by Gasteiger charge is -2.11. The highest BCUT2D eigenvalue weighted by Gasteiger charge is 2.35. The van der Waals surface area contributed by atoms with E-state index in [1.807, 2.05) is 6.92 Å². The Morgan fingerprint density at radius 1 is 1.21 bits per heavy atom. The molecule has 0 spiro atoms. The van der Waals surface area contributed by atoms with E-state index in [4.69, 9.17) is 4.74 Å². The molecule has 0 aliphatic carbocycles. The number of hydrogen-bond acceptors (Lipinski definition) is 4. The highest BCUT2D eigenvalue weighted by Crippen LogP contribution is 2.32. The summed E-state index contributed by atoms with van der Waals surface area (Å²) in [6, 6.07) is 6.92. The minimum absolute atomic E-state index is 0.00611. The largest absolute Gasteiger partial charge is 0.433 e. The van der Waals surface area contributed by atoms with Gasteiger partial charge in [0.1, 0.15) is 5.82 Å². The van der Waals surface area contributed by atoms with E-state index in [1.54, 1.807) is 0 Å². The van der Waals surface area contributed by atoms with Gasteiger partial charge < -0.3 is 10.1 Å². The Bertz CT molecular complexity index is 1000. The smallest absolute Gasteiger partial charge is 0.382 e. The van der Waals surface area contributed by atoms with E-state index < -0.39 is 23.6 Å². The van der Waals surface area contributed by atoms with Gasteiger partial charge in [0.25, 0.3) is 5.91 Å². The predicted molar refractivity (Wildman–Crippen MR) is 96.8 cm³/mol. The zero-order chi connectivity index (χ0) is 21.0. The van der Waals surface area contributed by atoms with Crippen LogP contribution in [0, 0.1) is 5.82 Å².